The third-order valence-electron chi connectivity index (χ3n) is 4.51. The largest absolute Gasteiger partial charge is 0.356 e. The minimum absolute atomic E-state index is 0.176. The Balaban J connectivity index is 1.55. The van der Waals surface area contributed by atoms with Crippen molar-refractivity contribution in [1.29, 1.82) is 0 Å². The van der Waals surface area contributed by atoms with E-state index in [0.717, 1.165) is 15.3 Å². The van der Waals surface area contributed by atoms with Gasteiger partial charge in [-0.25, -0.2) is 4.68 Å². The Morgan fingerprint density at radius 3 is 2.77 bits per heavy atom. The van der Waals surface area contributed by atoms with E-state index < -0.39 is 5.56 Å². The van der Waals surface area contributed by atoms with Crippen LogP contribution in [-0.4, -0.2) is 37.2 Å². The zero-order valence-electron chi connectivity index (χ0n) is 16.5. The lowest BCUT2D eigenvalue weighted by Gasteiger charge is -2.10. The molecule has 154 valence electrons. The molecule has 4 aromatic heterocycles. The van der Waals surface area contributed by atoms with E-state index in [1.165, 1.54) is 17.4 Å². The van der Waals surface area contributed by atoms with Crippen LogP contribution in [0.1, 0.15) is 11.4 Å². The lowest BCUT2D eigenvalue weighted by Crippen LogP contribution is -2.35. The highest BCUT2D eigenvalue weighted by Gasteiger charge is 2.18. The Morgan fingerprint density at radius 1 is 1.23 bits per heavy atom. The first-order chi connectivity index (χ1) is 14.5. The molecule has 0 aromatic carbocycles. The second-order valence-corrected chi connectivity index (χ2v) is 7.71. The van der Waals surface area contributed by atoms with E-state index >= 15 is 0 Å². The highest BCUT2D eigenvalue weighted by Crippen LogP contribution is 2.32. The molecule has 0 aliphatic rings. The summed E-state index contributed by atoms with van der Waals surface area (Å²) in [5, 5.41) is 17.3. The van der Waals surface area contributed by atoms with Crippen LogP contribution in [0.4, 0.5) is 0 Å². The van der Waals surface area contributed by atoms with Crippen LogP contribution >= 0.6 is 11.3 Å². The Kier molecular flexibility index (Phi) is 5.57. The third-order valence-corrected chi connectivity index (χ3v) is 5.39. The number of carbonyl (C=O) groups excluding carboxylic acids is 1. The number of thiophene rings is 1. The molecule has 1 amide bonds. The van der Waals surface area contributed by atoms with E-state index in [2.05, 4.69) is 20.7 Å². The van der Waals surface area contributed by atoms with Crippen molar-refractivity contribution >= 4 is 17.2 Å². The van der Waals surface area contributed by atoms with Crippen molar-refractivity contribution in [3.8, 4) is 21.9 Å². The lowest BCUT2D eigenvalue weighted by atomic mass is 10.1. The second-order valence-electron chi connectivity index (χ2n) is 6.76. The molecule has 0 aliphatic carbocycles. The smallest absolute Gasteiger partial charge is 0.268 e. The predicted octanol–water partition coefficient (Wildman–Crippen LogP) is 2.26. The van der Waals surface area contributed by atoms with Crippen molar-refractivity contribution in [2.75, 3.05) is 6.54 Å². The molecule has 4 heterocycles. The summed E-state index contributed by atoms with van der Waals surface area (Å²) in [6, 6.07) is 8.89. The number of nitrogens with one attached hydrogen (secondary N) is 1. The number of carbonyl (C=O) groups is 1. The molecule has 9 nitrogen and oxygen atoms in total. The van der Waals surface area contributed by atoms with Crippen molar-refractivity contribution in [3.63, 3.8) is 0 Å². The van der Waals surface area contributed by atoms with Crippen molar-refractivity contribution in [3.05, 3.63) is 63.7 Å². The average molecular weight is 424 g/mol. The average Bonchev–Trinajstić information content (AvgIpc) is 3.46. The van der Waals surface area contributed by atoms with Crippen LogP contribution in [0.3, 0.4) is 0 Å². The van der Waals surface area contributed by atoms with Crippen LogP contribution in [0.25, 0.3) is 21.9 Å². The molecule has 1 N–H and O–H groups in total. The van der Waals surface area contributed by atoms with Crippen molar-refractivity contribution in [2.24, 2.45) is 0 Å². The van der Waals surface area contributed by atoms with Gasteiger partial charge in [0.25, 0.3) is 5.56 Å². The van der Waals surface area contributed by atoms with E-state index in [1.807, 2.05) is 37.4 Å². The molecule has 4 rings (SSSR count). The molecule has 30 heavy (non-hydrogen) atoms. The summed E-state index contributed by atoms with van der Waals surface area (Å²) in [6.07, 6.45) is 1.71. The van der Waals surface area contributed by atoms with Gasteiger partial charge in [-0.15, -0.1) is 11.3 Å². The Bertz CT molecular complexity index is 1220. The van der Waals surface area contributed by atoms with E-state index in [4.69, 9.17) is 4.52 Å². The summed E-state index contributed by atoms with van der Waals surface area (Å²) in [6.45, 7) is 4.54. The summed E-state index contributed by atoms with van der Waals surface area (Å²) < 4.78 is 8.30. The van der Waals surface area contributed by atoms with Gasteiger partial charge in [0.2, 0.25) is 5.91 Å². The lowest BCUT2D eigenvalue weighted by molar-refractivity contribution is -0.121. The van der Waals surface area contributed by atoms with Gasteiger partial charge in [-0.05, 0) is 31.4 Å². The van der Waals surface area contributed by atoms with Crippen LogP contribution < -0.4 is 10.9 Å². The SMILES string of the molecule is Cc1cc(-c2cc(=O)n(CC(=O)NCCn3nccc3C)nc2-c2cccs2)on1. The highest BCUT2D eigenvalue weighted by molar-refractivity contribution is 7.13. The summed E-state index contributed by atoms with van der Waals surface area (Å²) in [5.41, 5.74) is 2.45. The molecule has 10 heteroatoms. The predicted molar refractivity (Wildman–Crippen MR) is 112 cm³/mol. The fourth-order valence-electron chi connectivity index (χ4n) is 3.00. The molecule has 0 radical (unpaired) electrons. The molecule has 0 atom stereocenters. The first kappa shape index (κ1) is 19.8. The maximum Gasteiger partial charge on any atom is 0.268 e. The fraction of sp³-hybridized carbons (Fsp3) is 0.250. The topological polar surface area (TPSA) is 108 Å². The maximum absolute atomic E-state index is 12.6. The quantitative estimate of drug-likeness (QED) is 0.488. The Hall–Kier alpha value is -3.53. The number of hydrogen-bond donors (Lipinski definition) is 1. The van der Waals surface area contributed by atoms with E-state index in [9.17, 15) is 9.59 Å². The first-order valence-electron chi connectivity index (χ1n) is 9.36. The van der Waals surface area contributed by atoms with Crippen LogP contribution in [-0.2, 0) is 17.9 Å². The zero-order chi connectivity index (χ0) is 21.1. The van der Waals surface area contributed by atoms with Crippen molar-refractivity contribution < 1.29 is 9.32 Å². The number of amides is 1. The van der Waals surface area contributed by atoms with Gasteiger partial charge in [-0.1, -0.05) is 11.2 Å². The van der Waals surface area contributed by atoms with Gasteiger partial charge in [-0.2, -0.15) is 10.2 Å². The molecule has 0 aliphatic heterocycles. The zero-order valence-corrected chi connectivity index (χ0v) is 17.3. The van der Waals surface area contributed by atoms with Crippen LogP contribution in [0, 0.1) is 13.8 Å². The summed E-state index contributed by atoms with van der Waals surface area (Å²) in [4.78, 5) is 25.9. The Labute approximate surface area is 175 Å². The molecule has 0 unspecified atom stereocenters. The molecule has 0 bridgehead atoms. The normalized spacial score (nSPS) is 11.0. The molecule has 0 spiro atoms. The van der Waals surface area contributed by atoms with Crippen molar-refractivity contribution in [1.82, 2.24) is 30.0 Å². The standard InChI is InChI=1S/C20H20N6O3S/c1-13-10-16(29-24-13)15-11-19(28)26(23-20(15)17-4-3-9-30-17)12-18(27)21-7-8-25-14(2)5-6-22-25/h3-6,9-11H,7-8,12H2,1-2H3,(H,21,27). The molecule has 4 aromatic rings. The van der Waals surface area contributed by atoms with Gasteiger partial charge in [0.15, 0.2) is 5.76 Å². The van der Waals surface area contributed by atoms with Gasteiger partial charge in [0, 0.05) is 30.6 Å². The molecular formula is C20H20N6O3S. The molecule has 0 fully saturated rings. The Morgan fingerprint density at radius 2 is 2.10 bits per heavy atom. The molecule has 0 saturated carbocycles. The van der Waals surface area contributed by atoms with E-state index in [1.54, 1.807) is 16.9 Å². The van der Waals surface area contributed by atoms with Gasteiger partial charge in [-0.3, -0.25) is 14.3 Å². The maximum atomic E-state index is 12.6. The summed E-state index contributed by atoms with van der Waals surface area (Å²) in [5.74, 6) is 0.168. The molecule has 0 saturated heterocycles. The highest BCUT2D eigenvalue weighted by atomic mass is 32.1. The van der Waals surface area contributed by atoms with Crippen LogP contribution in [0.5, 0.6) is 0 Å². The summed E-state index contributed by atoms with van der Waals surface area (Å²) in [7, 11) is 0. The van der Waals surface area contributed by atoms with Gasteiger partial charge in [0.1, 0.15) is 12.2 Å². The summed E-state index contributed by atoms with van der Waals surface area (Å²) >= 11 is 1.49. The number of nitrogens with zero attached hydrogens (tertiary/aromatic N) is 5. The fourth-order valence-corrected chi connectivity index (χ4v) is 3.73. The van der Waals surface area contributed by atoms with Gasteiger partial charge >= 0.3 is 0 Å². The number of aryl methyl sites for hydroxylation is 2. The second kappa shape index (κ2) is 8.46. The van der Waals surface area contributed by atoms with Crippen LogP contribution in [0.15, 0.2) is 51.2 Å². The monoisotopic (exact) mass is 424 g/mol. The first-order valence-corrected chi connectivity index (χ1v) is 10.2. The number of aromatic nitrogens is 5. The number of hydrogen-bond acceptors (Lipinski definition) is 7. The third kappa shape index (κ3) is 4.23. The minimum atomic E-state index is -0.391. The number of rotatable bonds is 7. The minimum Gasteiger partial charge on any atom is -0.356 e. The van der Waals surface area contributed by atoms with Gasteiger partial charge in [0.05, 0.1) is 22.7 Å². The van der Waals surface area contributed by atoms with Gasteiger partial charge < -0.3 is 9.84 Å². The molecular weight excluding hydrogens is 404 g/mol. The van der Waals surface area contributed by atoms with Crippen LogP contribution in [0.2, 0.25) is 0 Å². The van der Waals surface area contributed by atoms with Crippen molar-refractivity contribution in [2.45, 2.75) is 26.9 Å². The van der Waals surface area contributed by atoms with E-state index in [-0.39, 0.29) is 12.5 Å². The van der Waals surface area contributed by atoms with E-state index in [0.29, 0.717) is 35.8 Å².